The van der Waals surface area contributed by atoms with Crippen LogP contribution in [-0.4, -0.2) is 49.6 Å². The van der Waals surface area contributed by atoms with Crippen molar-refractivity contribution in [2.24, 2.45) is 5.92 Å². The molecule has 2 fully saturated rings. The van der Waals surface area contributed by atoms with Crippen LogP contribution in [0.5, 0.6) is 0 Å². The minimum Gasteiger partial charge on any atom is -0.337 e. The lowest BCUT2D eigenvalue weighted by atomic mass is 9.98. The third kappa shape index (κ3) is 3.06. The molecule has 15 heavy (non-hydrogen) atoms. The minimum atomic E-state index is 0. The Kier molecular flexibility index (Phi) is 4.83. The predicted molar refractivity (Wildman–Crippen MR) is 62.3 cm³/mol. The molecule has 0 radical (unpaired) electrons. The topological polar surface area (TPSA) is 44.4 Å². The van der Waals surface area contributed by atoms with E-state index in [0.29, 0.717) is 17.9 Å². The molecule has 2 aliphatic rings. The molecule has 4 nitrogen and oxygen atoms in total. The second kappa shape index (κ2) is 5.68. The zero-order valence-corrected chi connectivity index (χ0v) is 9.98. The molecule has 2 saturated heterocycles. The third-order valence-corrected chi connectivity index (χ3v) is 3.15. The van der Waals surface area contributed by atoms with E-state index >= 15 is 0 Å². The molecule has 0 unspecified atom stereocenters. The lowest BCUT2D eigenvalue weighted by Gasteiger charge is -2.36. The molecule has 5 heteroatoms. The van der Waals surface area contributed by atoms with E-state index in [1.807, 2.05) is 4.90 Å². The van der Waals surface area contributed by atoms with Gasteiger partial charge in [0.15, 0.2) is 0 Å². The first-order valence-electron chi connectivity index (χ1n) is 5.48. The molecule has 0 aliphatic carbocycles. The van der Waals surface area contributed by atoms with Crippen molar-refractivity contribution in [1.82, 2.24) is 15.5 Å². The number of hydrogen-bond donors (Lipinski definition) is 2. The number of halogens is 1. The van der Waals surface area contributed by atoms with E-state index in [-0.39, 0.29) is 12.4 Å². The van der Waals surface area contributed by atoms with Crippen molar-refractivity contribution in [1.29, 1.82) is 0 Å². The van der Waals surface area contributed by atoms with Gasteiger partial charge in [0.05, 0.1) is 0 Å². The van der Waals surface area contributed by atoms with Gasteiger partial charge in [-0.25, -0.2) is 0 Å². The van der Waals surface area contributed by atoms with Crippen LogP contribution in [0.1, 0.15) is 13.3 Å². The fraction of sp³-hybridized carbons (Fsp3) is 0.900. The molecule has 2 N–H and O–H groups in total. The average Bonchev–Trinajstić information content (AvgIpc) is 2.12. The number of nitrogens with zero attached hydrogens (tertiary/aromatic N) is 1. The second-order valence-electron chi connectivity index (χ2n) is 4.37. The number of rotatable bonds is 2. The Balaban J connectivity index is 0.00000112. The fourth-order valence-corrected chi connectivity index (χ4v) is 2.07. The van der Waals surface area contributed by atoms with Gasteiger partial charge >= 0.3 is 0 Å². The highest BCUT2D eigenvalue weighted by atomic mass is 35.5. The molecular weight excluding hydrogens is 214 g/mol. The number of carbonyl (C=O) groups is 1. The number of carbonyl (C=O) groups excluding carboxylic acids is 1. The quantitative estimate of drug-likeness (QED) is 0.697. The molecule has 0 bridgehead atoms. The summed E-state index contributed by atoms with van der Waals surface area (Å²) in [6.45, 7) is 6.91. The molecule has 0 spiro atoms. The molecule has 88 valence electrons. The van der Waals surface area contributed by atoms with Crippen molar-refractivity contribution in [3.8, 4) is 0 Å². The van der Waals surface area contributed by atoms with E-state index in [1.54, 1.807) is 0 Å². The van der Waals surface area contributed by atoms with Gasteiger partial charge < -0.3 is 15.5 Å². The van der Waals surface area contributed by atoms with Crippen molar-refractivity contribution >= 4 is 18.3 Å². The third-order valence-electron chi connectivity index (χ3n) is 3.15. The zero-order valence-electron chi connectivity index (χ0n) is 9.16. The van der Waals surface area contributed by atoms with Crippen LogP contribution in [0, 0.1) is 5.92 Å². The lowest BCUT2D eigenvalue weighted by Crippen LogP contribution is -2.54. The molecule has 0 aromatic heterocycles. The van der Waals surface area contributed by atoms with Gasteiger partial charge in [0.2, 0.25) is 5.91 Å². The number of hydrogen-bond acceptors (Lipinski definition) is 3. The summed E-state index contributed by atoms with van der Waals surface area (Å²) in [7, 11) is 0. The van der Waals surface area contributed by atoms with E-state index in [9.17, 15) is 4.79 Å². The molecule has 0 aromatic carbocycles. The van der Waals surface area contributed by atoms with Gasteiger partial charge in [-0.3, -0.25) is 4.79 Å². The van der Waals surface area contributed by atoms with Gasteiger partial charge in [-0.05, 0) is 25.9 Å². The van der Waals surface area contributed by atoms with Crippen LogP contribution in [0.3, 0.4) is 0 Å². The summed E-state index contributed by atoms with van der Waals surface area (Å²) in [5.41, 5.74) is 0. The smallest absolute Gasteiger partial charge is 0.223 e. The number of amides is 1. The highest BCUT2D eigenvalue weighted by Crippen LogP contribution is 2.13. The van der Waals surface area contributed by atoms with Crippen molar-refractivity contribution in [2.45, 2.75) is 19.4 Å². The largest absolute Gasteiger partial charge is 0.337 e. The Hall–Kier alpha value is -0.320. The lowest BCUT2D eigenvalue weighted by molar-refractivity contribution is -0.135. The van der Waals surface area contributed by atoms with E-state index < -0.39 is 0 Å². The maximum atomic E-state index is 11.9. The van der Waals surface area contributed by atoms with Gasteiger partial charge in [-0.2, -0.15) is 0 Å². The zero-order chi connectivity index (χ0) is 9.97. The van der Waals surface area contributed by atoms with Crippen LogP contribution in [0.2, 0.25) is 0 Å². The summed E-state index contributed by atoms with van der Waals surface area (Å²) in [5.74, 6) is 0.926. The first-order valence-corrected chi connectivity index (χ1v) is 5.48. The van der Waals surface area contributed by atoms with E-state index in [0.717, 1.165) is 39.1 Å². The predicted octanol–water partition coefficient (Wildman–Crippen LogP) is -0.162. The van der Waals surface area contributed by atoms with Crippen LogP contribution in [-0.2, 0) is 4.79 Å². The maximum absolute atomic E-state index is 11.9. The average molecular weight is 234 g/mol. The molecule has 2 rings (SSSR count). The monoisotopic (exact) mass is 233 g/mol. The summed E-state index contributed by atoms with van der Waals surface area (Å²) in [6.07, 6.45) is 0.733. The summed E-state index contributed by atoms with van der Waals surface area (Å²) < 4.78 is 0. The van der Waals surface area contributed by atoms with E-state index in [4.69, 9.17) is 0 Å². The minimum absolute atomic E-state index is 0. The van der Waals surface area contributed by atoms with Gasteiger partial charge in [0.1, 0.15) is 0 Å². The molecule has 0 saturated carbocycles. The van der Waals surface area contributed by atoms with Crippen molar-refractivity contribution in [2.75, 3.05) is 32.7 Å². The van der Waals surface area contributed by atoms with E-state index in [2.05, 4.69) is 17.6 Å². The Bertz CT molecular complexity index is 221. The molecule has 0 aromatic rings. The fourth-order valence-electron chi connectivity index (χ4n) is 2.07. The standard InChI is InChI=1S/C10H19N3O.ClH/c1-8-5-11-2-3-13(8)10(14)4-9-6-12-7-9;/h8-9,11-12H,2-7H2,1H3;1H/t8-;/m0./s1. The van der Waals surface area contributed by atoms with E-state index in [1.165, 1.54) is 0 Å². The van der Waals surface area contributed by atoms with Crippen LogP contribution in [0.25, 0.3) is 0 Å². The Labute approximate surface area is 97.2 Å². The van der Waals surface area contributed by atoms with Gasteiger partial charge in [0.25, 0.3) is 0 Å². The van der Waals surface area contributed by atoms with Crippen molar-refractivity contribution in [3.05, 3.63) is 0 Å². The van der Waals surface area contributed by atoms with Crippen LogP contribution >= 0.6 is 12.4 Å². The Morgan fingerprint density at radius 3 is 2.60 bits per heavy atom. The molecule has 2 heterocycles. The normalized spacial score (nSPS) is 26.7. The Morgan fingerprint density at radius 1 is 1.33 bits per heavy atom. The summed E-state index contributed by atoms with van der Waals surface area (Å²) in [5, 5.41) is 6.49. The highest BCUT2D eigenvalue weighted by molar-refractivity contribution is 5.85. The summed E-state index contributed by atoms with van der Waals surface area (Å²) >= 11 is 0. The van der Waals surface area contributed by atoms with Crippen LogP contribution < -0.4 is 10.6 Å². The molecule has 2 aliphatic heterocycles. The van der Waals surface area contributed by atoms with Gasteiger partial charge in [0, 0.05) is 32.1 Å². The summed E-state index contributed by atoms with van der Waals surface area (Å²) in [6, 6.07) is 0.365. The Morgan fingerprint density at radius 2 is 2.07 bits per heavy atom. The molecule has 1 amide bonds. The van der Waals surface area contributed by atoms with Gasteiger partial charge in [-0.1, -0.05) is 0 Å². The highest BCUT2D eigenvalue weighted by Gasteiger charge is 2.27. The van der Waals surface area contributed by atoms with Crippen LogP contribution in [0.4, 0.5) is 0 Å². The first-order chi connectivity index (χ1) is 6.77. The summed E-state index contributed by atoms with van der Waals surface area (Å²) in [4.78, 5) is 13.9. The van der Waals surface area contributed by atoms with Crippen molar-refractivity contribution < 1.29 is 4.79 Å². The van der Waals surface area contributed by atoms with Crippen LogP contribution in [0.15, 0.2) is 0 Å². The SMILES string of the molecule is C[C@H]1CNCCN1C(=O)CC1CNC1.Cl. The number of piperazine rings is 1. The second-order valence-corrected chi connectivity index (χ2v) is 4.37. The number of nitrogens with one attached hydrogen (secondary N) is 2. The van der Waals surface area contributed by atoms with Crippen molar-refractivity contribution in [3.63, 3.8) is 0 Å². The maximum Gasteiger partial charge on any atom is 0.223 e. The molecular formula is C10H20ClN3O. The molecule has 1 atom stereocenters. The van der Waals surface area contributed by atoms with Gasteiger partial charge in [-0.15, -0.1) is 12.4 Å². The first kappa shape index (κ1) is 12.7.